The maximum Gasteiger partial charge on any atom is 0.133 e. The highest BCUT2D eigenvalue weighted by Gasteiger charge is 2.48. The zero-order chi connectivity index (χ0) is 19.9. The third-order valence-corrected chi connectivity index (χ3v) is 6.31. The van der Waals surface area contributed by atoms with Gasteiger partial charge in [0.2, 0.25) is 0 Å². The fourth-order valence-electron chi connectivity index (χ4n) is 5.05. The van der Waals surface area contributed by atoms with E-state index in [-0.39, 0.29) is 23.7 Å². The number of pyridine rings is 1. The number of fused-ring (bicyclic) bond motifs is 1. The number of hydrogen-bond donors (Lipinski definition) is 2. The Labute approximate surface area is 163 Å². The molecule has 2 aromatic rings. The van der Waals surface area contributed by atoms with E-state index in [1.54, 1.807) is 6.07 Å². The molecule has 1 aromatic carbocycles. The maximum atomic E-state index is 14.0. The van der Waals surface area contributed by atoms with Gasteiger partial charge in [-0.3, -0.25) is 4.98 Å². The van der Waals surface area contributed by atoms with Crippen LogP contribution in [0.4, 0.5) is 8.78 Å². The van der Waals surface area contributed by atoms with Crippen molar-refractivity contribution in [3.63, 3.8) is 0 Å². The summed E-state index contributed by atoms with van der Waals surface area (Å²) in [5.41, 5.74) is -0.0931. The SMILES string of the molecule is CC(CN1C[C@@H]2C[C@@](O)(Cc3c(F)cccc3F)C[C@@H]2C1)c1ccc(O)cn1. The van der Waals surface area contributed by atoms with Gasteiger partial charge in [0.05, 0.1) is 11.8 Å². The second-order valence-corrected chi connectivity index (χ2v) is 8.59. The van der Waals surface area contributed by atoms with Crippen molar-refractivity contribution in [2.75, 3.05) is 19.6 Å². The van der Waals surface area contributed by atoms with Crippen LogP contribution in [0.25, 0.3) is 0 Å². The molecule has 6 heteroatoms. The lowest BCUT2D eigenvalue weighted by atomic mass is 9.90. The minimum absolute atomic E-state index is 0.00569. The average Bonchev–Trinajstić information content (AvgIpc) is 3.13. The number of benzene rings is 1. The number of aromatic hydroxyl groups is 1. The molecule has 1 unspecified atom stereocenters. The van der Waals surface area contributed by atoms with Gasteiger partial charge < -0.3 is 15.1 Å². The Hall–Kier alpha value is -2.05. The summed E-state index contributed by atoms with van der Waals surface area (Å²) < 4.78 is 27.9. The molecule has 0 spiro atoms. The van der Waals surface area contributed by atoms with Gasteiger partial charge in [0.25, 0.3) is 0 Å². The molecule has 1 saturated carbocycles. The predicted octanol–water partition coefficient (Wildman–Crippen LogP) is 3.48. The second-order valence-electron chi connectivity index (χ2n) is 8.59. The molecule has 1 aliphatic heterocycles. The molecule has 0 radical (unpaired) electrons. The molecule has 2 heterocycles. The largest absolute Gasteiger partial charge is 0.506 e. The molecular weight excluding hydrogens is 362 g/mol. The standard InChI is InChI=1S/C22H26F2N2O2/c1-14(21-6-5-17(27)10-25-21)11-26-12-15-7-22(28,8-16(15)13-26)9-18-19(23)3-2-4-20(18)24/h2-6,10,14-16,27-28H,7-9,11-13H2,1H3/t14?,15-,16+,22-. The van der Waals surface area contributed by atoms with E-state index < -0.39 is 17.2 Å². The van der Waals surface area contributed by atoms with Gasteiger partial charge in [0.15, 0.2) is 0 Å². The number of likely N-dealkylation sites (tertiary alicyclic amines) is 1. The van der Waals surface area contributed by atoms with Gasteiger partial charge in [-0.2, -0.15) is 0 Å². The quantitative estimate of drug-likeness (QED) is 0.823. The summed E-state index contributed by atoms with van der Waals surface area (Å²) in [6, 6.07) is 7.35. The molecule has 4 rings (SSSR count). The van der Waals surface area contributed by atoms with E-state index in [9.17, 15) is 19.0 Å². The van der Waals surface area contributed by atoms with Crippen LogP contribution in [0.15, 0.2) is 36.5 Å². The molecule has 2 fully saturated rings. The fourth-order valence-corrected chi connectivity index (χ4v) is 5.05. The zero-order valence-corrected chi connectivity index (χ0v) is 16.0. The Bertz CT molecular complexity index is 809. The fraction of sp³-hybridized carbons (Fsp3) is 0.500. The van der Waals surface area contributed by atoms with Crippen molar-refractivity contribution in [3.05, 3.63) is 59.4 Å². The Balaban J connectivity index is 1.36. The normalized spacial score (nSPS) is 28.4. The Kier molecular flexibility index (Phi) is 5.10. The van der Waals surface area contributed by atoms with Crippen molar-refractivity contribution in [3.8, 4) is 5.75 Å². The summed E-state index contributed by atoms with van der Waals surface area (Å²) in [7, 11) is 0. The molecule has 4 nitrogen and oxygen atoms in total. The highest BCUT2D eigenvalue weighted by Crippen LogP contribution is 2.46. The summed E-state index contributed by atoms with van der Waals surface area (Å²) in [4.78, 5) is 6.68. The van der Waals surface area contributed by atoms with Crippen LogP contribution in [-0.2, 0) is 6.42 Å². The molecule has 0 bridgehead atoms. The summed E-state index contributed by atoms with van der Waals surface area (Å²) in [5.74, 6) is -0.0626. The Morgan fingerprint density at radius 1 is 1.14 bits per heavy atom. The highest BCUT2D eigenvalue weighted by molar-refractivity contribution is 5.23. The highest BCUT2D eigenvalue weighted by atomic mass is 19.1. The van der Waals surface area contributed by atoms with Crippen molar-refractivity contribution in [2.45, 2.75) is 37.7 Å². The molecule has 4 atom stereocenters. The van der Waals surface area contributed by atoms with Crippen molar-refractivity contribution in [1.29, 1.82) is 0 Å². The summed E-state index contributed by atoms with van der Waals surface area (Å²) in [5, 5.41) is 20.4. The molecular formula is C22H26F2N2O2. The van der Waals surface area contributed by atoms with Crippen LogP contribution in [0.2, 0.25) is 0 Å². The van der Waals surface area contributed by atoms with Gasteiger partial charge in [-0.25, -0.2) is 8.78 Å². The first-order valence-corrected chi connectivity index (χ1v) is 9.85. The van der Waals surface area contributed by atoms with Crippen molar-refractivity contribution in [1.82, 2.24) is 9.88 Å². The van der Waals surface area contributed by atoms with E-state index in [0.29, 0.717) is 24.7 Å². The van der Waals surface area contributed by atoms with Crippen LogP contribution in [0.3, 0.4) is 0 Å². The minimum Gasteiger partial charge on any atom is -0.506 e. The lowest BCUT2D eigenvalue weighted by Gasteiger charge is -2.27. The van der Waals surface area contributed by atoms with E-state index in [1.165, 1.54) is 24.4 Å². The summed E-state index contributed by atoms with van der Waals surface area (Å²) in [6.45, 7) is 4.75. The monoisotopic (exact) mass is 388 g/mol. The van der Waals surface area contributed by atoms with E-state index in [2.05, 4.69) is 16.8 Å². The lowest BCUT2D eigenvalue weighted by Crippen LogP contribution is -2.33. The molecule has 1 aliphatic carbocycles. The average molecular weight is 388 g/mol. The molecule has 150 valence electrons. The molecule has 0 amide bonds. The number of halogens is 2. The van der Waals surface area contributed by atoms with Gasteiger partial charge in [-0.1, -0.05) is 13.0 Å². The number of aromatic nitrogens is 1. The lowest BCUT2D eigenvalue weighted by molar-refractivity contribution is 0.0336. The summed E-state index contributed by atoms with van der Waals surface area (Å²) >= 11 is 0. The van der Waals surface area contributed by atoms with Crippen molar-refractivity contribution < 1.29 is 19.0 Å². The molecule has 2 aliphatic rings. The summed E-state index contributed by atoms with van der Waals surface area (Å²) in [6.07, 6.45) is 2.65. The number of aliphatic hydroxyl groups is 1. The van der Waals surface area contributed by atoms with Crippen LogP contribution in [0.1, 0.15) is 36.9 Å². The molecule has 2 N–H and O–H groups in total. The molecule has 1 aromatic heterocycles. The first-order valence-electron chi connectivity index (χ1n) is 9.85. The minimum atomic E-state index is -1.03. The van der Waals surface area contributed by atoms with Crippen LogP contribution in [0, 0.1) is 23.5 Å². The predicted molar refractivity (Wildman–Crippen MR) is 102 cm³/mol. The number of nitrogens with zero attached hydrogens (tertiary/aromatic N) is 2. The third-order valence-electron chi connectivity index (χ3n) is 6.31. The van der Waals surface area contributed by atoms with E-state index in [4.69, 9.17) is 0 Å². The van der Waals surface area contributed by atoms with Crippen LogP contribution < -0.4 is 0 Å². The van der Waals surface area contributed by atoms with Crippen molar-refractivity contribution >= 4 is 0 Å². The smallest absolute Gasteiger partial charge is 0.133 e. The van der Waals surface area contributed by atoms with Crippen LogP contribution >= 0.6 is 0 Å². The third kappa shape index (κ3) is 3.89. The molecule has 1 saturated heterocycles. The van der Waals surface area contributed by atoms with E-state index >= 15 is 0 Å². The van der Waals surface area contributed by atoms with Gasteiger partial charge >= 0.3 is 0 Å². The van der Waals surface area contributed by atoms with Gasteiger partial charge in [0, 0.05) is 43.2 Å². The van der Waals surface area contributed by atoms with E-state index in [0.717, 1.165) is 25.3 Å². The van der Waals surface area contributed by atoms with Gasteiger partial charge in [-0.05, 0) is 48.9 Å². The number of rotatable bonds is 5. The van der Waals surface area contributed by atoms with Gasteiger partial charge in [-0.15, -0.1) is 0 Å². The van der Waals surface area contributed by atoms with Crippen LogP contribution in [0.5, 0.6) is 5.75 Å². The Morgan fingerprint density at radius 2 is 1.79 bits per heavy atom. The van der Waals surface area contributed by atoms with E-state index in [1.807, 2.05) is 6.07 Å². The second kappa shape index (κ2) is 7.41. The number of hydrogen-bond acceptors (Lipinski definition) is 4. The van der Waals surface area contributed by atoms with Crippen LogP contribution in [-0.4, -0.2) is 45.3 Å². The van der Waals surface area contributed by atoms with Crippen molar-refractivity contribution in [2.24, 2.45) is 11.8 Å². The zero-order valence-electron chi connectivity index (χ0n) is 16.0. The molecule has 28 heavy (non-hydrogen) atoms. The topological polar surface area (TPSA) is 56.6 Å². The van der Waals surface area contributed by atoms with Gasteiger partial charge in [0.1, 0.15) is 17.4 Å². The maximum absolute atomic E-state index is 14.0. The Morgan fingerprint density at radius 3 is 2.36 bits per heavy atom. The first kappa shape index (κ1) is 19.3. The first-order chi connectivity index (χ1) is 13.3.